The number of nitrogens with one attached hydrogen (secondary N) is 1. The third-order valence-electron chi connectivity index (χ3n) is 5.38. The van der Waals surface area contributed by atoms with Crippen LogP contribution in [0.4, 0.5) is 10.2 Å². The lowest BCUT2D eigenvalue weighted by molar-refractivity contribution is -0.125. The first-order valence-electron chi connectivity index (χ1n) is 10.1. The lowest BCUT2D eigenvalue weighted by Gasteiger charge is -2.32. The molecular weight excluding hydrogens is 419 g/mol. The first kappa shape index (κ1) is 21.1. The molecule has 1 aliphatic rings. The first-order chi connectivity index (χ1) is 15.0. The largest absolute Gasteiger partial charge is 0.355 e. The van der Waals surface area contributed by atoms with Crippen molar-refractivity contribution in [2.45, 2.75) is 19.4 Å². The summed E-state index contributed by atoms with van der Waals surface area (Å²) in [6, 6.07) is 16.3. The third-order valence-corrected chi connectivity index (χ3v) is 5.62. The zero-order chi connectivity index (χ0) is 21.8. The van der Waals surface area contributed by atoms with Crippen molar-refractivity contribution in [3.8, 4) is 5.69 Å². The van der Waals surface area contributed by atoms with Crippen LogP contribution < -0.4 is 15.8 Å². The van der Waals surface area contributed by atoms with E-state index in [-0.39, 0.29) is 17.4 Å². The van der Waals surface area contributed by atoms with Crippen LogP contribution in [0.1, 0.15) is 18.4 Å². The third kappa shape index (κ3) is 5.11. The number of carbonyl (C=O) groups excluding carboxylic acids is 1. The normalized spacial score (nSPS) is 14.5. The van der Waals surface area contributed by atoms with E-state index in [0.29, 0.717) is 49.0 Å². The van der Waals surface area contributed by atoms with Gasteiger partial charge in [-0.2, -0.15) is 4.68 Å². The molecule has 2 heterocycles. The van der Waals surface area contributed by atoms with Crippen LogP contribution in [0.3, 0.4) is 0 Å². The Hall–Kier alpha value is -3.19. The molecule has 0 aliphatic carbocycles. The van der Waals surface area contributed by atoms with E-state index < -0.39 is 5.82 Å². The van der Waals surface area contributed by atoms with E-state index in [1.807, 2.05) is 23.1 Å². The van der Waals surface area contributed by atoms with E-state index in [1.54, 1.807) is 24.3 Å². The predicted octanol–water partition coefficient (Wildman–Crippen LogP) is 3.56. The summed E-state index contributed by atoms with van der Waals surface area (Å²) in [7, 11) is 0. The van der Waals surface area contributed by atoms with Crippen LogP contribution in [0.2, 0.25) is 5.02 Å². The lowest BCUT2D eigenvalue weighted by atomic mass is 9.96. The molecule has 2 aromatic carbocycles. The second-order valence-electron chi connectivity index (χ2n) is 7.53. The van der Waals surface area contributed by atoms with E-state index in [4.69, 9.17) is 11.6 Å². The zero-order valence-electron chi connectivity index (χ0n) is 16.8. The molecule has 3 aromatic rings. The number of halogens is 2. The summed E-state index contributed by atoms with van der Waals surface area (Å²) in [5, 5.41) is 8.04. The fourth-order valence-electron chi connectivity index (χ4n) is 3.71. The molecule has 0 atom stereocenters. The summed E-state index contributed by atoms with van der Waals surface area (Å²) in [6.45, 7) is 1.73. The number of carbonyl (C=O) groups is 1. The SMILES string of the molecule is O=C(NCc1cccc(Cl)c1)C1CCN(c2ccc(=O)n(-c3cccc(F)c3)n2)CC1. The molecule has 1 amide bonds. The second kappa shape index (κ2) is 9.31. The van der Waals surface area contributed by atoms with Gasteiger partial charge in [0.05, 0.1) is 5.69 Å². The molecule has 1 fully saturated rings. The minimum Gasteiger partial charge on any atom is -0.355 e. The summed E-state index contributed by atoms with van der Waals surface area (Å²) < 4.78 is 14.7. The Labute approximate surface area is 184 Å². The molecule has 0 spiro atoms. The average Bonchev–Trinajstić information content (AvgIpc) is 2.78. The number of aromatic nitrogens is 2. The van der Waals surface area contributed by atoms with Crippen molar-refractivity contribution in [1.82, 2.24) is 15.1 Å². The summed E-state index contributed by atoms with van der Waals surface area (Å²) >= 11 is 5.99. The quantitative estimate of drug-likeness (QED) is 0.658. The molecule has 6 nitrogen and oxygen atoms in total. The molecule has 0 unspecified atom stereocenters. The van der Waals surface area contributed by atoms with Crippen molar-refractivity contribution in [3.05, 3.63) is 87.4 Å². The van der Waals surface area contributed by atoms with E-state index in [9.17, 15) is 14.0 Å². The Bertz CT molecular complexity index is 1140. The van der Waals surface area contributed by atoms with Gasteiger partial charge in [-0.3, -0.25) is 9.59 Å². The van der Waals surface area contributed by atoms with E-state index in [2.05, 4.69) is 10.4 Å². The number of anilines is 1. The number of rotatable bonds is 5. The number of piperidine rings is 1. The van der Waals surface area contributed by atoms with Gasteiger partial charge >= 0.3 is 0 Å². The van der Waals surface area contributed by atoms with Crippen molar-refractivity contribution in [2.24, 2.45) is 5.92 Å². The smallest absolute Gasteiger partial charge is 0.271 e. The van der Waals surface area contributed by atoms with Crippen molar-refractivity contribution < 1.29 is 9.18 Å². The Morgan fingerprint density at radius 2 is 1.87 bits per heavy atom. The van der Waals surface area contributed by atoms with Gasteiger partial charge in [0, 0.05) is 36.6 Å². The minimum absolute atomic E-state index is 0.0253. The standard InChI is InChI=1S/C23H22ClFN4O2/c24-18-4-1-3-16(13-18)15-26-23(31)17-9-11-28(12-10-17)21-7-8-22(30)29(27-21)20-6-2-5-19(25)14-20/h1-8,13-14,17H,9-12,15H2,(H,26,31). The van der Waals surface area contributed by atoms with E-state index in [1.165, 1.54) is 22.9 Å². The van der Waals surface area contributed by atoms with Crippen molar-refractivity contribution in [2.75, 3.05) is 18.0 Å². The van der Waals surface area contributed by atoms with Crippen LogP contribution in [0, 0.1) is 11.7 Å². The molecule has 160 valence electrons. The fourth-order valence-corrected chi connectivity index (χ4v) is 3.93. The van der Waals surface area contributed by atoms with Crippen LogP contribution in [0.5, 0.6) is 0 Å². The summed E-state index contributed by atoms with van der Waals surface area (Å²) in [5.74, 6) is 0.143. The Kier molecular flexibility index (Phi) is 6.32. The monoisotopic (exact) mass is 440 g/mol. The topological polar surface area (TPSA) is 67.2 Å². The number of hydrogen-bond acceptors (Lipinski definition) is 4. The highest BCUT2D eigenvalue weighted by molar-refractivity contribution is 6.30. The maximum Gasteiger partial charge on any atom is 0.271 e. The van der Waals surface area contributed by atoms with Crippen LogP contribution in [-0.2, 0) is 11.3 Å². The summed E-state index contributed by atoms with van der Waals surface area (Å²) in [6.07, 6.45) is 1.37. The molecule has 1 N–H and O–H groups in total. The molecule has 0 saturated carbocycles. The number of benzene rings is 2. The molecule has 4 rings (SSSR count). The van der Waals surface area contributed by atoms with Gasteiger partial charge in [-0.05, 0) is 54.8 Å². The van der Waals surface area contributed by atoms with Crippen LogP contribution in [-0.4, -0.2) is 28.8 Å². The van der Waals surface area contributed by atoms with Gasteiger partial charge < -0.3 is 10.2 Å². The lowest BCUT2D eigenvalue weighted by Crippen LogP contribution is -2.41. The molecular formula is C23H22ClFN4O2. The van der Waals surface area contributed by atoms with Crippen LogP contribution >= 0.6 is 11.6 Å². The van der Waals surface area contributed by atoms with Crippen molar-refractivity contribution >= 4 is 23.3 Å². The molecule has 0 bridgehead atoms. The molecule has 8 heteroatoms. The number of nitrogens with zero attached hydrogens (tertiary/aromatic N) is 3. The fraction of sp³-hybridized carbons (Fsp3) is 0.261. The van der Waals surface area contributed by atoms with Crippen molar-refractivity contribution in [1.29, 1.82) is 0 Å². The number of hydrogen-bond donors (Lipinski definition) is 1. The van der Waals surface area contributed by atoms with E-state index >= 15 is 0 Å². The Morgan fingerprint density at radius 3 is 2.61 bits per heavy atom. The molecule has 1 aromatic heterocycles. The summed E-state index contributed by atoms with van der Waals surface area (Å²) in [4.78, 5) is 26.8. The molecule has 1 saturated heterocycles. The first-order valence-corrected chi connectivity index (χ1v) is 10.5. The maximum absolute atomic E-state index is 13.6. The molecule has 0 radical (unpaired) electrons. The Balaban J connectivity index is 1.38. The zero-order valence-corrected chi connectivity index (χ0v) is 17.6. The highest BCUT2D eigenvalue weighted by Crippen LogP contribution is 2.22. The average molecular weight is 441 g/mol. The van der Waals surface area contributed by atoms with Crippen molar-refractivity contribution in [3.63, 3.8) is 0 Å². The summed E-state index contributed by atoms with van der Waals surface area (Å²) in [5.41, 5.74) is 1.01. The van der Waals surface area contributed by atoms with Gasteiger partial charge in [0.25, 0.3) is 5.56 Å². The van der Waals surface area contributed by atoms with Gasteiger partial charge in [0.15, 0.2) is 0 Å². The van der Waals surface area contributed by atoms with Gasteiger partial charge in [-0.1, -0.05) is 29.8 Å². The van der Waals surface area contributed by atoms with Crippen LogP contribution in [0.15, 0.2) is 65.5 Å². The van der Waals surface area contributed by atoms with Gasteiger partial charge in [-0.15, -0.1) is 5.10 Å². The second-order valence-corrected chi connectivity index (χ2v) is 7.97. The van der Waals surface area contributed by atoms with E-state index in [0.717, 1.165) is 5.56 Å². The molecule has 31 heavy (non-hydrogen) atoms. The number of amides is 1. The molecule has 1 aliphatic heterocycles. The van der Waals surface area contributed by atoms with Crippen LogP contribution in [0.25, 0.3) is 5.69 Å². The highest BCUT2D eigenvalue weighted by Gasteiger charge is 2.26. The van der Waals surface area contributed by atoms with Gasteiger partial charge in [0.2, 0.25) is 5.91 Å². The highest BCUT2D eigenvalue weighted by atomic mass is 35.5. The maximum atomic E-state index is 13.6. The van der Waals surface area contributed by atoms with Gasteiger partial charge in [0.1, 0.15) is 11.6 Å². The minimum atomic E-state index is -0.429. The van der Waals surface area contributed by atoms with Gasteiger partial charge in [-0.25, -0.2) is 4.39 Å². The Morgan fingerprint density at radius 1 is 1.10 bits per heavy atom. The predicted molar refractivity (Wildman–Crippen MR) is 118 cm³/mol.